The molecule has 4 amide bonds. The second kappa shape index (κ2) is 16.0. The first-order valence-electron chi connectivity index (χ1n) is 19.0. The molecule has 16 heteroatoms. The van der Waals surface area contributed by atoms with E-state index in [1.165, 1.54) is 34.7 Å². The molecule has 0 aliphatic carbocycles. The number of carbonyl (C=O) groups excluding carboxylic acids is 4. The van der Waals surface area contributed by atoms with Crippen molar-refractivity contribution < 1.29 is 28.7 Å². The van der Waals surface area contributed by atoms with Gasteiger partial charge in [-0.05, 0) is 47.6 Å². The summed E-state index contributed by atoms with van der Waals surface area (Å²) in [4.78, 5) is 66.7. The molecule has 5 aromatic rings. The van der Waals surface area contributed by atoms with E-state index in [2.05, 4.69) is 72.8 Å². The van der Waals surface area contributed by atoms with Crippen molar-refractivity contribution in [3.05, 3.63) is 76.8 Å². The van der Waals surface area contributed by atoms with Gasteiger partial charge in [-0.2, -0.15) is 0 Å². The van der Waals surface area contributed by atoms with E-state index in [0.717, 1.165) is 52.2 Å². The van der Waals surface area contributed by atoms with Gasteiger partial charge in [0, 0.05) is 35.0 Å². The Labute approximate surface area is 337 Å². The van der Waals surface area contributed by atoms with E-state index < -0.39 is 18.2 Å². The van der Waals surface area contributed by atoms with Crippen LogP contribution in [-0.2, 0) is 19.1 Å². The number of hydrogen-bond acceptors (Lipinski definition) is 11. The number of nitrogens with zero attached hydrogens (tertiary/aromatic N) is 4. The fourth-order valence-electron chi connectivity index (χ4n) is 7.83. The third-order valence-electron chi connectivity index (χ3n) is 10.9. The second-order valence-electron chi connectivity index (χ2n) is 14.7. The van der Waals surface area contributed by atoms with Crippen LogP contribution in [0.3, 0.4) is 0 Å². The molecule has 3 aliphatic heterocycles. The predicted octanol–water partition coefficient (Wildman–Crippen LogP) is 6.38. The van der Waals surface area contributed by atoms with Crippen molar-refractivity contribution in [3.63, 3.8) is 0 Å². The Morgan fingerprint density at radius 3 is 2.39 bits per heavy atom. The first-order chi connectivity index (χ1) is 27.6. The van der Waals surface area contributed by atoms with E-state index in [0.29, 0.717) is 19.6 Å². The summed E-state index contributed by atoms with van der Waals surface area (Å²) in [5, 5.41) is 13.1. The molecule has 0 bridgehead atoms. The van der Waals surface area contributed by atoms with Crippen LogP contribution in [-0.4, -0.2) is 102 Å². The quantitative estimate of drug-likeness (QED) is 0.118. The van der Waals surface area contributed by atoms with E-state index in [1.807, 2.05) is 37.0 Å². The van der Waals surface area contributed by atoms with Gasteiger partial charge < -0.3 is 40.2 Å². The summed E-state index contributed by atoms with van der Waals surface area (Å²) in [5.74, 6) is 1.04. The number of benzene rings is 2. The molecule has 296 valence electrons. The summed E-state index contributed by atoms with van der Waals surface area (Å²) in [5.41, 5.74) is 7.45. The first-order valence-corrected chi connectivity index (χ1v) is 20.7. The van der Waals surface area contributed by atoms with Crippen LogP contribution in [0.1, 0.15) is 50.2 Å². The maximum absolute atomic E-state index is 13.7. The van der Waals surface area contributed by atoms with Crippen LogP contribution in [0.5, 0.6) is 0 Å². The van der Waals surface area contributed by atoms with Gasteiger partial charge in [-0.15, -0.1) is 22.7 Å². The lowest BCUT2D eigenvalue weighted by molar-refractivity contribution is -0.135. The zero-order valence-corrected chi connectivity index (χ0v) is 33.7. The number of ether oxygens (including phenoxy) is 2. The third-order valence-corrected chi connectivity index (χ3v) is 13.0. The molecule has 8 rings (SSSR count). The molecular weight excluding hydrogens is 765 g/mol. The maximum atomic E-state index is 13.7. The van der Waals surface area contributed by atoms with Gasteiger partial charge >= 0.3 is 12.2 Å². The lowest BCUT2D eigenvalue weighted by Crippen LogP contribution is -2.51. The van der Waals surface area contributed by atoms with E-state index in [-0.39, 0.29) is 42.4 Å². The number of thiophene rings is 2. The molecule has 57 heavy (non-hydrogen) atoms. The average molecular weight is 809 g/mol. The molecule has 6 heterocycles. The molecule has 1 fully saturated rings. The fourth-order valence-corrected chi connectivity index (χ4v) is 10.3. The molecule has 4 N–H and O–H groups in total. The zero-order valence-electron chi connectivity index (χ0n) is 32.0. The smallest absolute Gasteiger partial charge is 0.407 e. The van der Waals surface area contributed by atoms with Crippen molar-refractivity contribution in [2.24, 2.45) is 10.9 Å². The molecule has 0 saturated carbocycles. The number of rotatable bonds is 10. The molecule has 3 aromatic heterocycles. The van der Waals surface area contributed by atoms with Gasteiger partial charge in [0.15, 0.2) is 0 Å². The number of amides is 4. The van der Waals surface area contributed by atoms with Gasteiger partial charge in [-0.25, -0.2) is 14.6 Å². The highest BCUT2D eigenvalue weighted by molar-refractivity contribution is 7.27. The minimum atomic E-state index is -0.688. The Kier molecular flexibility index (Phi) is 10.7. The van der Waals surface area contributed by atoms with Gasteiger partial charge in [0.25, 0.3) is 0 Å². The third kappa shape index (κ3) is 7.46. The highest BCUT2D eigenvalue weighted by Crippen LogP contribution is 2.45. The number of likely N-dealkylation sites (tertiary alicyclic amines) is 1. The van der Waals surface area contributed by atoms with Crippen LogP contribution in [0.4, 0.5) is 9.59 Å². The molecule has 4 unspecified atom stereocenters. The van der Waals surface area contributed by atoms with Gasteiger partial charge in [0.05, 0.1) is 53.3 Å². The fraction of sp³-hybridized carbons (Fsp3) is 0.366. The number of fused-ring (bicyclic) bond motifs is 2. The normalized spacial score (nSPS) is 19.6. The molecule has 3 aliphatic rings. The van der Waals surface area contributed by atoms with E-state index in [4.69, 9.17) is 14.7 Å². The molecule has 4 atom stereocenters. The number of aromatic amines is 1. The summed E-state index contributed by atoms with van der Waals surface area (Å²) in [7, 11) is 2.56. The number of H-pyrrole nitrogens is 1. The summed E-state index contributed by atoms with van der Waals surface area (Å²) in [6.45, 7) is 5.28. The van der Waals surface area contributed by atoms with Crippen molar-refractivity contribution in [1.82, 2.24) is 35.7 Å². The topological polar surface area (TPSA) is 170 Å². The van der Waals surface area contributed by atoms with Crippen LogP contribution in [0, 0.1) is 5.92 Å². The molecule has 2 aromatic carbocycles. The number of methoxy groups -OCH3 is 2. The maximum Gasteiger partial charge on any atom is 0.407 e. The van der Waals surface area contributed by atoms with Crippen molar-refractivity contribution in [2.75, 3.05) is 40.4 Å². The minimum Gasteiger partial charge on any atom is -0.453 e. The lowest BCUT2D eigenvalue weighted by atomic mass is 10.0. The number of aromatic nitrogens is 2. The summed E-state index contributed by atoms with van der Waals surface area (Å²) >= 11 is 3.47. The Morgan fingerprint density at radius 1 is 0.947 bits per heavy atom. The zero-order chi connectivity index (χ0) is 39.8. The Hall–Kier alpha value is -5.74. The average Bonchev–Trinajstić information content (AvgIpc) is 4.08. The number of nitrogens with one attached hydrogen (secondary N) is 4. The van der Waals surface area contributed by atoms with E-state index >= 15 is 0 Å². The number of amidine groups is 1. The van der Waals surface area contributed by atoms with Gasteiger partial charge in [0.1, 0.15) is 30.3 Å². The lowest BCUT2D eigenvalue weighted by Gasteiger charge is -2.29. The highest BCUT2D eigenvalue weighted by atomic mass is 32.1. The monoisotopic (exact) mass is 808 g/mol. The largest absolute Gasteiger partial charge is 0.453 e. The van der Waals surface area contributed by atoms with E-state index in [1.54, 1.807) is 27.6 Å². The van der Waals surface area contributed by atoms with Crippen LogP contribution in [0.2, 0.25) is 0 Å². The van der Waals surface area contributed by atoms with Crippen molar-refractivity contribution in [3.8, 4) is 22.3 Å². The van der Waals surface area contributed by atoms with E-state index in [9.17, 15) is 19.2 Å². The molecule has 0 radical (unpaired) electrons. The summed E-state index contributed by atoms with van der Waals surface area (Å²) in [6, 6.07) is 13.6. The number of carbonyl (C=O) groups is 4. The Balaban J connectivity index is 0.948. The number of aliphatic imine (C=N–C) groups is 1. The number of hydrogen-bond donors (Lipinski definition) is 4. The van der Waals surface area contributed by atoms with Crippen molar-refractivity contribution >= 4 is 72.9 Å². The predicted molar refractivity (Wildman–Crippen MR) is 221 cm³/mol. The second-order valence-corrected chi connectivity index (χ2v) is 16.4. The van der Waals surface area contributed by atoms with Gasteiger partial charge in [-0.3, -0.25) is 14.6 Å². The summed E-state index contributed by atoms with van der Waals surface area (Å²) in [6.07, 6.45) is 4.27. The SMILES string of the molecule is COC(=O)NCC(=O)N1CC=CC1C1=NCC(c2ccc(-c3csc4c(-c5ccc6nc(C7CCCN7C(=O)C(NC(=O)OC)C(C)C)[nH]c6c5)csc34)cc2)N1. The van der Waals surface area contributed by atoms with Gasteiger partial charge in [0.2, 0.25) is 11.8 Å². The van der Waals surface area contributed by atoms with Crippen molar-refractivity contribution in [1.29, 1.82) is 0 Å². The first kappa shape index (κ1) is 38.1. The summed E-state index contributed by atoms with van der Waals surface area (Å²) < 4.78 is 11.8. The molecule has 0 spiro atoms. The highest BCUT2D eigenvalue weighted by Gasteiger charge is 2.38. The molecule has 14 nitrogen and oxygen atoms in total. The standard InChI is InChI=1S/C41H44N8O6S2/c1-22(2)34(47-41(53)55-4)39(51)49-16-6-8-32(49)38-44-28-14-13-25(17-29(28)45-38)27-21-57-35-26(20-56-36(27)35)23-9-11-24(12-10-23)30-18-42-37(46-30)31-7-5-15-48(31)33(50)19-43-40(52)54-3/h5,7,9-14,17,20-22,30-32,34H,6,8,15-16,18-19H2,1-4H3,(H,42,46)(H,43,52)(H,44,45)(H,47,53). The van der Waals surface area contributed by atoms with Crippen molar-refractivity contribution in [2.45, 2.75) is 50.9 Å². The van der Waals surface area contributed by atoms with Crippen LogP contribution >= 0.6 is 22.7 Å². The Bertz CT molecular complexity index is 2400. The van der Waals surface area contributed by atoms with Crippen LogP contribution in [0.15, 0.2) is 70.4 Å². The minimum absolute atomic E-state index is 0.0142. The Morgan fingerprint density at radius 2 is 1.67 bits per heavy atom. The van der Waals surface area contributed by atoms with Crippen LogP contribution in [0.25, 0.3) is 42.7 Å². The van der Waals surface area contributed by atoms with Gasteiger partial charge in [-0.1, -0.05) is 56.3 Å². The van der Waals surface area contributed by atoms with Crippen LogP contribution < -0.4 is 16.0 Å². The molecule has 1 saturated heterocycles. The number of alkyl carbamates (subject to hydrolysis) is 2. The number of imidazole rings is 1. The molecular formula is C41H44N8O6S2.